The molecule has 1 aliphatic rings. The maximum absolute atomic E-state index is 11.8. The number of halogens is 1. The van der Waals surface area contributed by atoms with E-state index in [9.17, 15) is 9.36 Å². The van der Waals surface area contributed by atoms with E-state index < -0.39 is 13.2 Å². The zero-order valence-corrected chi connectivity index (χ0v) is 8.76. The van der Waals surface area contributed by atoms with Crippen LogP contribution in [-0.2, 0) is 9.09 Å². The molecule has 0 bridgehead atoms. The number of alkyl halides is 1. The number of amides is 1. The third kappa shape index (κ3) is 2.23. The van der Waals surface area contributed by atoms with E-state index in [1.54, 1.807) is 0 Å². The van der Waals surface area contributed by atoms with Gasteiger partial charge in [-0.1, -0.05) is 0 Å². The number of nitrogens with two attached hydrogens (primary N) is 1. The Hall–Kier alpha value is -0.0900. The Bertz CT molecular complexity index is 246. The Labute approximate surface area is 81.7 Å². The van der Waals surface area contributed by atoms with Crippen LogP contribution in [0.15, 0.2) is 0 Å². The molecular formula is C6H12ClN2O3P. The van der Waals surface area contributed by atoms with Gasteiger partial charge in [0.15, 0.2) is 0 Å². The number of hydrogen-bond donors (Lipinski definition) is 1. The van der Waals surface area contributed by atoms with Crippen LogP contribution in [0.2, 0.25) is 0 Å². The van der Waals surface area contributed by atoms with Gasteiger partial charge >= 0.3 is 13.2 Å². The van der Waals surface area contributed by atoms with Crippen molar-refractivity contribution in [1.82, 2.24) is 4.67 Å². The standard InChI is InChI=1S/C6H12ClN2O3P/c7-2-4-9-3-1-5-12-13(9,11)6(8)10/h1-5H2,(H2,8,10). The topological polar surface area (TPSA) is 72.6 Å². The number of primary amides is 1. The molecule has 7 heteroatoms. The molecule has 0 aromatic heterocycles. The summed E-state index contributed by atoms with van der Waals surface area (Å²) >= 11 is 5.50. The first-order chi connectivity index (χ1) is 6.11. The van der Waals surface area contributed by atoms with Crippen molar-refractivity contribution in [2.75, 3.05) is 25.6 Å². The SMILES string of the molecule is NC(=O)P1(=O)OCCCN1CCCl. The molecule has 0 aromatic carbocycles. The highest BCUT2D eigenvalue weighted by Crippen LogP contribution is 2.52. The summed E-state index contributed by atoms with van der Waals surface area (Å²) in [7, 11) is -3.42. The second kappa shape index (κ2) is 4.42. The summed E-state index contributed by atoms with van der Waals surface area (Å²) in [5.41, 5.74) is 4.12. The van der Waals surface area contributed by atoms with E-state index in [-0.39, 0.29) is 0 Å². The van der Waals surface area contributed by atoms with E-state index in [1.165, 1.54) is 4.67 Å². The van der Waals surface area contributed by atoms with Crippen LogP contribution in [0.4, 0.5) is 4.79 Å². The number of rotatable bonds is 3. The highest BCUT2D eigenvalue weighted by atomic mass is 35.5. The van der Waals surface area contributed by atoms with Crippen LogP contribution in [0.5, 0.6) is 0 Å². The second-order valence-corrected chi connectivity index (χ2v) is 5.37. The van der Waals surface area contributed by atoms with E-state index in [4.69, 9.17) is 21.9 Å². The molecule has 1 rings (SSSR count). The fourth-order valence-corrected chi connectivity index (χ4v) is 3.23. The van der Waals surface area contributed by atoms with Crippen molar-refractivity contribution in [3.63, 3.8) is 0 Å². The first-order valence-corrected chi connectivity index (χ1v) is 6.08. The lowest BCUT2D eigenvalue weighted by molar-refractivity contribution is 0.205. The van der Waals surface area contributed by atoms with Gasteiger partial charge in [-0.05, 0) is 6.42 Å². The summed E-state index contributed by atoms with van der Waals surface area (Å²) in [6.07, 6.45) is 0.744. The van der Waals surface area contributed by atoms with E-state index in [1.807, 2.05) is 0 Å². The molecule has 1 aliphatic heterocycles. The molecule has 0 saturated carbocycles. The van der Waals surface area contributed by atoms with Gasteiger partial charge in [0.1, 0.15) is 0 Å². The fourth-order valence-electron chi connectivity index (χ4n) is 1.19. The summed E-state index contributed by atoms with van der Waals surface area (Å²) in [6, 6.07) is 0. The predicted octanol–water partition coefficient (Wildman–Crippen LogP) is 1.22. The molecule has 76 valence electrons. The summed E-state index contributed by atoms with van der Waals surface area (Å²) in [5, 5.41) is 0. The van der Waals surface area contributed by atoms with Crippen LogP contribution in [0.25, 0.3) is 0 Å². The smallest absolute Gasteiger partial charge is 0.358 e. The van der Waals surface area contributed by atoms with Crippen molar-refractivity contribution in [3.05, 3.63) is 0 Å². The lowest BCUT2D eigenvalue weighted by Crippen LogP contribution is -2.34. The molecule has 1 atom stereocenters. The van der Waals surface area contributed by atoms with Gasteiger partial charge in [-0.25, -0.2) is 4.67 Å². The largest absolute Gasteiger partial charge is 0.360 e. The lowest BCUT2D eigenvalue weighted by atomic mass is 10.4. The van der Waals surface area contributed by atoms with Gasteiger partial charge in [0, 0.05) is 19.0 Å². The van der Waals surface area contributed by atoms with Crippen LogP contribution in [0.1, 0.15) is 6.42 Å². The van der Waals surface area contributed by atoms with Gasteiger partial charge in [0.2, 0.25) is 0 Å². The van der Waals surface area contributed by atoms with Crippen LogP contribution in [0.3, 0.4) is 0 Å². The minimum atomic E-state index is -3.42. The van der Waals surface area contributed by atoms with Crippen molar-refractivity contribution in [3.8, 4) is 0 Å². The quantitative estimate of drug-likeness (QED) is 0.580. The third-order valence-electron chi connectivity index (χ3n) is 1.82. The Balaban J connectivity index is 2.77. The average molecular weight is 227 g/mol. The number of carbonyl (C=O) groups excluding carboxylic acids is 1. The van der Waals surface area contributed by atoms with E-state index in [0.717, 1.165) is 6.42 Å². The monoisotopic (exact) mass is 226 g/mol. The molecule has 0 spiro atoms. The van der Waals surface area contributed by atoms with Crippen LogP contribution in [-0.4, -0.2) is 35.9 Å². The molecule has 2 N–H and O–H groups in total. The van der Waals surface area contributed by atoms with Gasteiger partial charge in [0.05, 0.1) is 6.61 Å². The second-order valence-electron chi connectivity index (χ2n) is 2.69. The van der Waals surface area contributed by atoms with Crippen LogP contribution < -0.4 is 5.73 Å². The first-order valence-electron chi connectivity index (χ1n) is 3.97. The van der Waals surface area contributed by atoms with Crippen molar-refractivity contribution in [1.29, 1.82) is 0 Å². The van der Waals surface area contributed by atoms with Gasteiger partial charge in [0.25, 0.3) is 0 Å². The van der Waals surface area contributed by atoms with Crippen molar-refractivity contribution < 1.29 is 13.9 Å². The number of carbonyl (C=O) groups is 1. The Morgan fingerprint density at radius 1 is 1.69 bits per heavy atom. The predicted molar refractivity (Wildman–Crippen MR) is 50.1 cm³/mol. The summed E-state index contributed by atoms with van der Waals surface area (Å²) in [5.74, 6) is 0.306. The molecule has 0 aliphatic carbocycles. The normalized spacial score (nSPS) is 30.2. The van der Waals surface area contributed by atoms with Crippen LogP contribution >= 0.6 is 19.1 Å². The summed E-state index contributed by atoms with van der Waals surface area (Å²) < 4.78 is 18.2. The first kappa shape index (κ1) is 11.0. The maximum atomic E-state index is 11.8. The van der Waals surface area contributed by atoms with Gasteiger partial charge in [-0.2, -0.15) is 0 Å². The van der Waals surface area contributed by atoms with Crippen molar-refractivity contribution in [2.24, 2.45) is 5.73 Å². The Kier molecular flexibility index (Phi) is 3.74. The highest BCUT2D eigenvalue weighted by Gasteiger charge is 2.40. The van der Waals surface area contributed by atoms with Gasteiger partial charge in [-0.3, -0.25) is 9.36 Å². The minimum Gasteiger partial charge on any atom is -0.360 e. The molecule has 0 radical (unpaired) electrons. The molecule has 1 fully saturated rings. The summed E-state index contributed by atoms with van der Waals surface area (Å²) in [6.45, 7) is 1.23. The number of nitrogens with zero attached hydrogens (tertiary/aromatic N) is 1. The van der Waals surface area contributed by atoms with Gasteiger partial charge in [-0.15, -0.1) is 11.6 Å². The molecule has 1 heterocycles. The molecule has 5 nitrogen and oxygen atoms in total. The maximum Gasteiger partial charge on any atom is 0.358 e. The van der Waals surface area contributed by atoms with Crippen LogP contribution in [0, 0.1) is 0 Å². The minimum absolute atomic E-state index is 0.306. The van der Waals surface area contributed by atoms with E-state index >= 15 is 0 Å². The molecule has 1 amide bonds. The zero-order chi connectivity index (χ0) is 9.90. The highest BCUT2D eigenvalue weighted by molar-refractivity contribution is 7.73. The molecule has 0 aromatic rings. The number of hydrogen-bond acceptors (Lipinski definition) is 3. The molecule has 1 unspecified atom stereocenters. The van der Waals surface area contributed by atoms with Crippen molar-refractivity contribution >= 4 is 24.8 Å². The Morgan fingerprint density at radius 3 is 2.92 bits per heavy atom. The Morgan fingerprint density at radius 2 is 2.38 bits per heavy atom. The molecule has 1 saturated heterocycles. The van der Waals surface area contributed by atoms with Gasteiger partial charge < -0.3 is 10.3 Å². The van der Waals surface area contributed by atoms with E-state index in [2.05, 4.69) is 0 Å². The lowest BCUT2D eigenvalue weighted by Gasteiger charge is -2.31. The summed E-state index contributed by atoms with van der Waals surface area (Å²) in [4.78, 5) is 10.9. The average Bonchev–Trinajstić information content (AvgIpc) is 2.09. The molecule has 13 heavy (non-hydrogen) atoms. The third-order valence-corrected chi connectivity index (χ3v) is 4.22. The molecular weight excluding hydrogens is 215 g/mol. The van der Waals surface area contributed by atoms with E-state index in [0.29, 0.717) is 25.6 Å². The zero-order valence-electron chi connectivity index (χ0n) is 7.11. The van der Waals surface area contributed by atoms with Crippen molar-refractivity contribution in [2.45, 2.75) is 6.42 Å². The fraction of sp³-hybridized carbons (Fsp3) is 0.833.